The smallest absolute Gasteiger partial charge is 0.139 e. The second-order valence-corrected chi connectivity index (χ2v) is 7.78. The number of nitrogens with two attached hydrogens (primary N) is 1. The number of fused-ring (bicyclic) bond motifs is 1. The molecule has 1 heterocycles. The first-order chi connectivity index (χ1) is 12.6. The first-order valence-corrected chi connectivity index (χ1v) is 9.68. The fourth-order valence-electron chi connectivity index (χ4n) is 4.30. The lowest BCUT2D eigenvalue weighted by Gasteiger charge is -2.43. The van der Waals surface area contributed by atoms with Gasteiger partial charge in [0, 0.05) is 23.7 Å². The monoisotopic (exact) mass is 374 g/mol. The average Bonchev–Trinajstić information content (AvgIpc) is 2.61. The third-order valence-corrected chi connectivity index (χ3v) is 5.70. The summed E-state index contributed by atoms with van der Waals surface area (Å²) in [6.07, 6.45) is 4.07. The summed E-state index contributed by atoms with van der Waals surface area (Å²) < 4.78 is 20.1. The zero-order valence-corrected chi connectivity index (χ0v) is 15.5. The highest BCUT2D eigenvalue weighted by atomic mass is 35.5. The average molecular weight is 375 g/mol. The minimum absolute atomic E-state index is 0.150. The zero-order chi connectivity index (χ0) is 18.1. The van der Waals surface area contributed by atoms with Crippen LogP contribution in [-0.4, -0.2) is 30.1 Å². The van der Waals surface area contributed by atoms with E-state index in [0.29, 0.717) is 10.8 Å². The number of ether oxygens (including phenoxy) is 1. The molecule has 0 radical (unpaired) electrons. The van der Waals surface area contributed by atoms with Crippen molar-refractivity contribution in [3.8, 4) is 5.75 Å². The summed E-state index contributed by atoms with van der Waals surface area (Å²) in [4.78, 5) is 2.45. The Morgan fingerprint density at radius 1 is 1.15 bits per heavy atom. The molecule has 5 heteroatoms. The number of likely N-dealkylation sites (tertiary alicyclic amines) is 1. The minimum Gasteiger partial charge on any atom is -0.484 e. The van der Waals surface area contributed by atoms with Crippen molar-refractivity contribution in [1.29, 1.82) is 0 Å². The molecule has 4 rings (SSSR count). The van der Waals surface area contributed by atoms with E-state index in [2.05, 4.69) is 23.1 Å². The predicted molar refractivity (Wildman–Crippen MR) is 102 cm³/mol. The van der Waals surface area contributed by atoms with Gasteiger partial charge in [-0.1, -0.05) is 35.9 Å². The van der Waals surface area contributed by atoms with Crippen LogP contribution in [0, 0.1) is 5.82 Å². The third kappa shape index (κ3) is 3.73. The van der Waals surface area contributed by atoms with Crippen LogP contribution < -0.4 is 10.5 Å². The van der Waals surface area contributed by atoms with Gasteiger partial charge in [-0.25, -0.2) is 4.39 Å². The van der Waals surface area contributed by atoms with Crippen LogP contribution in [0.2, 0.25) is 5.02 Å². The number of halogens is 2. The SMILES string of the molecule is N[C@H]1CCCN(C2CCc3ccccc3C2Oc2cc(F)cc(Cl)c2)C1. The molecule has 1 saturated heterocycles. The van der Waals surface area contributed by atoms with Crippen LogP contribution in [0.1, 0.15) is 36.5 Å². The van der Waals surface area contributed by atoms with Crippen molar-refractivity contribution in [1.82, 2.24) is 4.90 Å². The Bertz CT molecular complexity index is 764. The van der Waals surface area contributed by atoms with Gasteiger partial charge in [0.15, 0.2) is 0 Å². The molecule has 26 heavy (non-hydrogen) atoms. The van der Waals surface area contributed by atoms with Gasteiger partial charge in [-0.3, -0.25) is 4.90 Å². The fraction of sp³-hybridized carbons (Fsp3) is 0.429. The van der Waals surface area contributed by atoms with Crippen LogP contribution in [0.5, 0.6) is 5.75 Å². The van der Waals surface area contributed by atoms with Gasteiger partial charge in [-0.2, -0.15) is 0 Å². The standard InChI is InChI=1S/C21H24ClFN2O/c22-15-10-16(23)12-18(11-15)26-21-19-6-2-1-4-14(19)7-8-20(21)25-9-3-5-17(24)13-25/h1-2,4,6,10-12,17,20-21H,3,5,7-9,13,24H2/t17-,20?,21?/m0/s1. The fourth-order valence-corrected chi connectivity index (χ4v) is 4.51. The van der Waals surface area contributed by atoms with E-state index in [1.165, 1.54) is 23.3 Å². The van der Waals surface area contributed by atoms with Gasteiger partial charge in [0.1, 0.15) is 17.7 Å². The summed E-state index contributed by atoms with van der Waals surface area (Å²) in [5, 5.41) is 0.348. The Kier molecular flexibility index (Phi) is 5.16. The molecule has 2 unspecified atom stereocenters. The van der Waals surface area contributed by atoms with Crippen molar-refractivity contribution in [2.75, 3.05) is 13.1 Å². The normalized spacial score (nSPS) is 26.3. The van der Waals surface area contributed by atoms with Gasteiger partial charge >= 0.3 is 0 Å². The molecule has 0 saturated carbocycles. The van der Waals surface area contributed by atoms with Gasteiger partial charge in [-0.05, 0) is 55.5 Å². The van der Waals surface area contributed by atoms with Crippen LogP contribution in [0.15, 0.2) is 42.5 Å². The molecule has 2 N–H and O–H groups in total. The van der Waals surface area contributed by atoms with Crippen LogP contribution in [0.4, 0.5) is 4.39 Å². The summed E-state index contributed by atoms with van der Waals surface area (Å²) in [7, 11) is 0. The Morgan fingerprint density at radius 2 is 2.00 bits per heavy atom. The highest BCUT2D eigenvalue weighted by Crippen LogP contribution is 2.38. The van der Waals surface area contributed by atoms with Gasteiger partial charge in [0.2, 0.25) is 0 Å². The molecule has 1 fully saturated rings. The maximum atomic E-state index is 13.8. The van der Waals surface area contributed by atoms with Crippen LogP contribution in [0.3, 0.4) is 0 Å². The molecule has 2 aromatic carbocycles. The number of hydrogen-bond donors (Lipinski definition) is 1. The number of piperidine rings is 1. The molecule has 3 atom stereocenters. The molecular weight excluding hydrogens is 351 g/mol. The second-order valence-electron chi connectivity index (χ2n) is 7.35. The number of aryl methyl sites for hydroxylation is 1. The van der Waals surface area contributed by atoms with Crippen LogP contribution in [0.25, 0.3) is 0 Å². The number of rotatable bonds is 3. The molecule has 3 nitrogen and oxygen atoms in total. The summed E-state index contributed by atoms with van der Waals surface area (Å²) in [5.41, 5.74) is 8.70. The van der Waals surface area contributed by atoms with Crippen LogP contribution >= 0.6 is 11.6 Å². The number of nitrogens with zero attached hydrogens (tertiary/aromatic N) is 1. The van der Waals surface area contributed by atoms with E-state index in [1.807, 2.05) is 6.07 Å². The first kappa shape index (κ1) is 17.8. The van der Waals surface area contributed by atoms with E-state index in [0.717, 1.165) is 38.8 Å². The molecule has 138 valence electrons. The molecule has 0 bridgehead atoms. The Balaban J connectivity index is 1.67. The third-order valence-electron chi connectivity index (χ3n) is 5.48. The Hall–Kier alpha value is -1.62. The lowest BCUT2D eigenvalue weighted by molar-refractivity contribution is 0.0366. The maximum absolute atomic E-state index is 13.8. The lowest BCUT2D eigenvalue weighted by Crippen LogP contribution is -2.51. The van der Waals surface area contributed by atoms with Gasteiger partial charge in [0.05, 0.1) is 6.04 Å². The first-order valence-electron chi connectivity index (χ1n) is 9.30. The van der Waals surface area contributed by atoms with E-state index in [-0.39, 0.29) is 24.0 Å². The quantitative estimate of drug-likeness (QED) is 0.868. The molecule has 2 aromatic rings. The van der Waals surface area contributed by atoms with E-state index in [9.17, 15) is 4.39 Å². The summed E-state index contributed by atoms with van der Waals surface area (Å²) in [5.74, 6) is 0.0937. The van der Waals surface area contributed by atoms with Crippen LogP contribution in [-0.2, 0) is 6.42 Å². The molecule has 0 amide bonds. The molecule has 0 aromatic heterocycles. The van der Waals surface area contributed by atoms with Gasteiger partial charge in [0.25, 0.3) is 0 Å². The van der Waals surface area contributed by atoms with Crippen molar-refractivity contribution in [3.05, 3.63) is 64.4 Å². The number of hydrogen-bond acceptors (Lipinski definition) is 3. The van der Waals surface area contributed by atoms with Gasteiger partial charge < -0.3 is 10.5 Å². The number of benzene rings is 2. The largest absolute Gasteiger partial charge is 0.484 e. The van der Waals surface area contributed by atoms with Gasteiger partial charge in [-0.15, -0.1) is 0 Å². The van der Waals surface area contributed by atoms with Crippen molar-refractivity contribution in [2.45, 2.75) is 43.9 Å². The molecule has 1 aliphatic heterocycles. The van der Waals surface area contributed by atoms with Crippen molar-refractivity contribution >= 4 is 11.6 Å². The summed E-state index contributed by atoms with van der Waals surface area (Å²) in [6.45, 7) is 1.92. The second kappa shape index (κ2) is 7.55. The van der Waals surface area contributed by atoms with Crippen molar-refractivity contribution in [2.24, 2.45) is 5.73 Å². The zero-order valence-electron chi connectivity index (χ0n) is 14.7. The van der Waals surface area contributed by atoms with E-state index < -0.39 is 0 Å². The van der Waals surface area contributed by atoms with E-state index in [4.69, 9.17) is 22.1 Å². The lowest BCUT2D eigenvalue weighted by atomic mass is 9.84. The summed E-state index contributed by atoms with van der Waals surface area (Å²) in [6, 6.07) is 13.2. The van der Waals surface area contributed by atoms with Crippen molar-refractivity contribution in [3.63, 3.8) is 0 Å². The maximum Gasteiger partial charge on any atom is 0.139 e. The molecule has 1 aliphatic carbocycles. The molecular formula is C21H24ClFN2O. The minimum atomic E-state index is -0.381. The Labute approximate surface area is 158 Å². The highest BCUT2D eigenvalue weighted by molar-refractivity contribution is 6.30. The highest BCUT2D eigenvalue weighted by Gasteiger charge is 2.36. The Morgan fingerprint density at radius 3 is 2.81 bits per heavy atom. The predicted octanol–water partition coefficient (Wildman–Crippen LogP) is 4.34. The molecule has 2 aliphatic rings. The topological polar surface area (TPSA) is 38.5 Å². The summed E-state index contributed by atoms with van der Waals surface area (Å²) >= 11 is 6.03. The van der Waals surface area contributed by atoms with Crippen molar-refractivity contribution < 1.29 is 9.13 Å². The van der Waals surface area contributed by atoms with E-state index in [1.54, 1.807) is 6.07 Å². The molecule has 0 spiro atoms. The van der Waals surface area contributed by atoms with E-state index >= 15 is 0 Å².